The molecule has 0 saturated carbocycles. The van der Waals surface area contributed by atoms with Crippen LogP contribution < -0.4 is 10.0 Å². The topological polar surface area (TPSA) is 84.5 Å². The van der Waals surface area contributed by atoms with Crippen molar-refractivity contribution in [3.63, 3.8) is 0 Å². The van der Waals surface area contributed by atoms with Crippen LogP contribution in [-0.2, 0) is 14.8 Å². The molecule has 0 fully saturated rings. The third-order valence-electron chi connectivity index (χ3n) is 2.80. The predicted octanol–water partition coefficient (Wildman–Crippen LogP) is 1.31. The molecule has 0 aliphatic rings. The molecule has 0 spiro atoms. The van der Waals surface area contributed by atoms with Crippen molar-refractivity contribution in [1.29, 1.82) is 0 Å². The highest BCUT2D eigenvalue weighted by Crippen LogP contribution is 2.10. The molecule has 1 aromatic carbocycles. The lowest BCUT2D eigenvalue weighted by atomic mass is 10.2. The number of amides is 1. The van der Waals surface area contributed by atoms with E-state index in [9.17, 15) is 13.2 Å². The highest BCUT2D eigenvalue weighted by atomic mass is 32.2. The summed E-state index contributed by atoms with van der Waals surface area (Å²) in [5, 5.41) is 2.75. The Labute approximate surface area is 131 Å². The van der Waals surface area contributed by atoms with Gasteiger partial charge in [0.15, 0.2) is 0 Å². The first-order valence-corrected chi connectivity index (χ1v) is 8.56. The number of ether oxygens (including phenoxy) is 1. The predicted molar refractivity (Wildman–Crippen MR) is 85.3 cm³/mol. The molecule has 1 amide bonds. The Hall–Kier alpha value is -1.70. The van der Waals surface area contributed by atoms with Crippen molar-refractivity contribution in [2.45, 2.75) is 18.2 Å². The summed E-state index contributed by atoms with van der Waals surface area (Å²) in [6.07, 6.45) is 2.19. The monoisotopic (exact) mass is 326 g/mol. The molecule has 2 N–H and O–H groups in total. The second kappa shape index (κ2) is 9.34. The highest BCUT2D eigenvalue weighted by Gasteiger charge is 2.13. The Balaban J connectivity index is 2.57. The van der Waals surface area contributed by atoms with E-state index in [1.165, 1.54) is 30.3 Å². The highest BCUT2D eigenvalue weighted by molar-refractivity contribution is 7.89. The third-order valence-corrected chi connectivity index (χ3v) is 4.24. The summed E-state index contributed by atoms with van der Waals surface area (Å²) in [7, 11) is -3.56. The van der Waals surface area contributed by atoms with Crippen molar-refractivity contribution in [1.82, 2.24) is 10.0 Å². The molecule has 6 nitrogen and oxygen atoms in total. The van der Waals surface area contributed by atoms with Crippen LogP contribution in [0.3, 0.4) is 0 Å². The Bertz CT molecular complexity index is 582. The van der Waals surface area contributed by atoms with Gasteiger partial charge in [-0.15, -0.1) is 6.58 Å². The van der Waals surface area contributed by atoms with Crippen molar-refractivity contribution in [2.24, 2.45) is 0 Å². The quantitative estimate of drug-likeness (QED) is 0.501. The summed E-state index contributed by atoms with van der Waals surface area (Å²) in [6.45, 7) is 7.30. The fourth-order valence-electron chi connectivity index (χ4n) is 1.66. The van der Waals surface area contributed by atoms with Gasteiger partial charge >= 0.3 is 0 Å². The van der Waals surface area contributed by atoms with Gasteiger partial charge in [0.1, 0.15) is 0 Å². The van der Waals surface area contributed by atoms with E-state index < -0.39 is 10.0 Å². The Morgan fingerprint density at radius 3 is 2.59 bits per heavy atom. The molecule has 0 aliphatic carbocycles. The molecule has 0 aliphatic heterocycles. The molecule has 0 heterocycles. The number of hydrogen-bond acceptors (Lipinski definition) is 4. The second-order valence-electron chi connectivity index (χ2n) is 4.47. The van der Waals surface area contributed by atoms with Crippen LogP contribution >= 0.6 is 0 Å². The number of sulfonamides is 1. The van der Waals surface area contributed by atoms with E-state index in [2.05, 4.69) is 16.6 Å². The number of rotatable bonds is 10. The zero-order valence-electron chi connectivity index (χ0n) is 12.7. The number of nitrogens with one attached hydrogen (secondary N) is 2. The van der Waals surface area contributed by atoms with Gasteiger partial charge in [0.2, 0.25) is 10.0 Å². The molecule has 0 radical (unpaired) electrons. The molecule has 22 heavy (non-hydrogen) atoms. The fraction of sp³-hybridized carbons (Fsp3) is 0.400. The first kappa shape index (κ1) is 18.3. The first-order valence-electron chi connectivity index (χ1n) is 7.08. The summed E-state index contributed by atoms with van der Waals surface area (Å²) in [4.78, 5) is 12.0. The van der Waals surface area contributed by atoms with E-state index in [1.807, 2.05) is 6.92 Å². The Kier molecular flexibility index (Phi) is 7.79. The minimum Gasteiger partial charge on any atom is -0.382 e. The normalized spacial score (nSPS) is 11.1. The Morgan fingerprint density at radius 2 is 2.00 bits per heavy atom. The van der Waals surface area contributed by atoms with Gasteiger partial charge in [-0.05, 0) is 37.6 Å². The number of carbonyl (C=O) groups excluding carboxylic acids is 1. The lowest BCUT2D eigenvalue weighted by Crippen LogP contribution is -2.26. The van der Waals surface area contributed by atoms with Gasteiger partial charge in [-0.1, -0.05) is 6.08 Å². The van der Waals surface area contributed by atoms with Gasteiger partial charge in [-0.25, -0.2) is 13.1 Å². The van der Waals surface area contributed by atoms with Gasteiger partial charge in [0.05, 0.1) is 4.90 Å². The average molecular weight is 326 g/mol. The number of hydrogen-bond donors (Lipinski definition) is 2. The van der Waals surface area contributed by atoms with E-state index >= 15 is 0 Å². The molecule has 0 saturated heterocycles. The second-order valence-corrected chi connectivity index (χ2v) is 6.24. The van der Waals surface area contributed by atoms with E-state index in [1.54, 1.807) is 0 Å². The molecule has 122 valence electrons. The maximum absolute atomic E-state index is 11.9. The van der Waals surface area contributed by atoms with Gasteiger partial charge < -0.3 is 10.1 Å². The molecule has 0 aromatic heterocycles. The number of benzene rings is 1. The van der Waals surface area contributed by atoms with Gasteiger partial charge in [-0.3, -0.25) is 4.79 Å². The van der Waals surface area contributed by atoms with Crippen molar-refractivity contribution in [2.75, 3.05) is 26.3 Å². The SMILES string of the molecule is C=CCNS(=O)(=O)c1ccc(C(=O)NCCCOCC)cc1. The van der Waals surface area contributed by atoms with Crippen LogP contribution in [0.15, 0.2) is 41.8 Å². The molecule has 1 aromatic rings. The van der Waals surface area contributed by atoms with Crippen LogP contribution in [-0.4, -0.2) is 40.6 Å². The van der Waals surface area contributed by atoms with E-state index in [0.29, 0.717) is 25.3 Å². The van der Waals surface area contributed by atoms with Gasteiger partial charge in [0, 0.05) is 31.9 Å². The van der Waals surface area contributed by atoms with E-state index in [4.69, 9.17) is 4.74 Å². The maximum atomic E-state index is 11.9. The average Bonchev–Trinajstić information content (AvgIpc) is 2.52. The third kappa shape index (κ3) is 5.97. The summed E-state index contributed by atoms with van der Waals surface area (Å²) in [5.41, 5.74) is 0.416. The van der Waals surface area contributed by atoms with E-state index in [0.717, 1.165) is 6.42 Å². The van der Waals surface area contributed by atoms with Crippen LogP contribution in [0.2, 0.25) is 0 Å². The van der Waals surface area contributed by atoms with Crippen molar-refractivity contribution in [3.8, 4) is 0 Å². The largest absolute Gasteiger partial charge is 0.382 e. The minimum absolute atomic E-state index is 0.113. The van der Waals surface area contributed by atoms with Crippen LogP contribution in [0.25, 0.3) is 0 Å². The summed E-state index contributed by atoms with van der Waals surface area (Å²) < 4.78 is 31.3. The summed E-state index contributed by atoms with van der Waals surface area (Å²) >= 11 is 0. The molecule has 0 bridgehead atoms. The van der Waals surface area contributed by atoms with Crippen LogP contribution in [0.4, 0.5) is 0 Å². The molecule has 0 atom stereocenters. The lowest BCUT2D eigenvalue weighted by molar-refractivity contribution is 0.0944. The van der Waals surface area contributed by atoms with Crippen molar-refractivity contribution >= 4 is 15.9 Å². The number of carbonyl (C=O) groups is 1. The summed E-state index contributed by atoms with van der Waals surface area (Å²) in [6, 6.07) is 5.78. The molecule has 7 heteroatoms. The van der Waals surface area contributed by atoms with Crippen LogP contribution in [0.5, 0.6) is 0 Å². The first-order chi connectivity index (χ1) is 10.5. The molecular formula is C15H22N2O4S. The minimum atomic E-state index is -3.56. The standard InChI is InChI=1S/C15H22N2O4S/c1-3-10-17-22(19,20)14-8-6-13(7-9-14)15(18)16-11-5-12-21-4-2/h3,6-9,17H,1,4-5,10-12H2,2H3,(H,16,18). The van der Waals surface area contributed by atoms with Crippen LogP contribution in [0.1, 0.15) is 23.7 Å². The zero-order chi connectivity index (χ0) is 16.4. The molecule has 1 rings (SSSR count). The van der Waals surface area contributed by atoms with Crippen molar-refractivity contribution in [3.05, 3.63) is 42.5 Å². The van der Waals surface area contributed by atoms with Gasteiger partial charge in [-0.2, -0.15) is 0 Å². The summed E-state index contributed by atoms with van der Waals surface area (Å²) in [5.74, 6) is -0.237. The smallest absolute Gasteiger partial charge is 0.251 e. The Morgan fingerprint density at radius 1 is 1.32 bits per heavy atom. The van der Waals surface area contributed by atoms with Crippen molar-refractivity contribution < 1.29 is 17.9 Å². The molecular weight excluding hydrogens is 304 g/mol. The van der Waals surface area contributed by atoms with Crippen LogP contribution in [0, 0.1) is 0 Å². The fourth-order valence-corrected chi connectivity index (χ4v) is 2.66. The van der Waals surface area contributed by atoms with Gasteiger partial charge in [0.25, 0.3) is 5.91 Å². The maximum Gasteiger partial charge on any atom is 0.251 e. The molecule has 0 unspecified atom stereocenters. The zero-order valence-corrected chi connectivity index (χ0v) is 13.5. The lowest BCUT2D eigenvalue weighted by Gasteiger charge is -2.07. The van der Waals surface area contributed by atoms with E-state index in [-0.39, 0.29) is 17.3 Å².